The van der Waals surface area contributed by atoms with Gasteiger partial charge in [-0.2, -0.15) is 5.26 Å². The van der Waals surface area contributed by atoms with E-state index in [9.17, 15) is 4.79 Å². The van der Waals surface area contributed by atoms with Crippen LogP contribution in [0.4, 0.5) is 0 Å². The molecule has 1 fully saturated rings. The van der Waals surface area contributed by atoms with Gasteiger partial charge < -0.3 is 11.1 Å². The van der Waals surface area contributed by atoms with E-state index in [1.54, 1.807) is 12.1 Å². The predicted molar refractivity (Wildman–Crippen MR) is 63.8 cm³/mol. The van der Waals surface area contributed by atoms with Crippen LogP contribution in [0.3, 0.4) is 0 Å². The van der Waals surface area contributed by atoms with Crippen molar-refractivity contribution in [1.29, 1.82) is 5.26 Å². The molecule has 0 radical (unpaired) electrons. The van der Waals surface area contributed by atoms with Crippen LogP contribution in [0.25, 0.3) is 0 Å². The third-order valence-corrected chi connectivity index (χ3v) is 3.08. The number of hydrogen-bond acceptors (Lipinski definition) is 3. The lowest BCUT2D eigenvalue weighted by molar-refractivity contribution is -0.123. The highest BCUT2D eigenvalue weighted by atomic mass is 16.2. The average molecular weight is 229 g/mol. The lowest BCUT2D eigenvalue weighted by atomic mass is 10.1. The van der Waals surface area contributed by atoms with Crippen molar-refractivity contribution in [3.05, 3.63) is 35.4 Å². The van der Waals surface area contributed by atoms with E-state index in [1.807, 2.05) is 19.1 Å². The summed E-state index contributed by atoms with van der Waals surface area (Å²) >= 11 is 0. The number of amides is 1. The van der Waals surface area contributed by atoms with Crippen LogP contribution in [0.1, 0.15) is 30.5 Å². The molecule has 3 N–H and O–H groups in total. The Bertz CT molecular complexity index is 461. The van der Waals surface area contributed by atoms with E-state index in [1.165, 1.54) is 0 Å². The van der Waals surface area contributed by atoms with Crippen LogP contribution >= 0.6 is 0 Å². The highest BCUT2D eigenvalue weighted by Crippen LogP contribution is 2.28. The molecule has 17 heavy (non-hydrogen) atoms. The van der Waals surface area contributed by atoms with E-state index < -0.39 is 0 Å². The molecule has 3 unspecified atom stereocenters. The molecule has 3 atom stereocenters. The zero-order valence-corrected chi connectivity index (χ0v) is 9.68. The molecule has 1 aliphatic carbocycles. The number of carbonyl (C=O) groups excluding carboxylic acids is 1. The van der Waals surface area contributed by atoms with E-state index in [2.05, 4.69) is 11.4 Å². The first kappa shape index (κ1) is 11.6. The van der Waals surface area contributed by atoms with Crippen LogP contribution in [0.2, 0.25) is 0 Å². The molecule has 1 amide bonds. The highest BCUT2D eigenvalue weighted by molar-refractivity contribution is 5.82. The van der Waals surface area contributed by atoms with E-state index in [-0.39, 0.29) is 23.9 Å². The molecule has 0 saturated heterocycles. The van der Waals surface area contributed by atoms with E-state index in [0.29, 0.717) is 5.56 Å². The first-order valence-electron chi connectivity index (χ1n) is 5.68. The zero-order chi connectivity index (χ0) is 12.4. The van der Waals surface area contributed by atoms with Crippen LogP contribution in [-0.4, -0.2) is 11.9 Å². The Balaban J connectivity index is 1.97. The smallest absolute Gasteiger partial charge is 0.225 e. The van der Waals surface area contributed by atoms with Gasteiger partial charge in [-0.05, 0) is 31.0 Å². The maximum Gasteiger partial charge on any atom is 0.225 e. The van der Waals surface area contributed by atoms with Crippen molar-refractivity contribution in [1.82, 2.24) is 5.32 Å². The minimum Gasteiger partial charge on any atom is -0.349 e. The van der Waals surface area contributed by atoms with Gasteiger partial charge in [0.1, 0.15) is 0 Å². The van der Waals surface area contributed by atoms with Crippen molar-refractivity contribution in [3.63, 3.8) is 0 Å². The summed E-state index contributed by atoms with van der Waals surface area (Å²) in [6.07, 6.45) is 0.784. The molecule has 0 spiro atoms. The summed E-state index contributed by atoms with van der Waals surface area (Å²) in [4.78, 5) is 11.7. The Kier molecular flexibility index (Phi) is 3.12. The van der Waals surface area contributed by atoms with Crippen LogP contribution in [0, 0.1) is 17.2 Å². The van der Waals surface area contributed by atoms with Gasteiger partial charge in [0.2, 0.25) is 5.91 Å². The van der Waals surface area contributed by atoms with Gasteiger partial charge in [-0.1, -0.05) is 12.1 Å². The number of hydrogen-bond donors (Lipinski definition) is 2. The number of carbonyl (C=O) groups is 1. The quantitative estimate of drug-likeness (QED) is 0.814. The molecule has 0 heterocycles. The Hall–Kier alpha value is -1.86. The number of nitrogens with zero attached hydrogens (tertiary/aromatic N) is 1. The molecule has 1 aromatic rings. The monoisotopic (exact) mass is 229 g/mol. The van der Waals surface area contributed by atoms with Crippen molar-refractivity contribution in [2.45, 2.75) is 25.4 Å². The number of benzene rings is 1. The zero-order valence-electron chi connectivity index (χ0n) is 9.68. The minimum atomic E-state index is -0.0527. The Morgan fingerprint density at radius 2 is 2.12 bits per heavy atom. The van der Waals surface area contributed by atoms with Gasteiger partial charge in [-0.25, -0.2) is 0 Å². The number of rotatable bonds is 3. The lowest BCUT2D eigenvalue weighted by Crippen LogP contribution is -2.29. The summed E-state index contributed by atoms with van der Waals surface area (Å²) < 4.78 is 0. The van der Waals surface area contributed by atoms with Crippen LogP contribution in [-0.2, 0) is 4.79 Å². The fraction of sp³-hybridized carbons (Fsp3) is 0.385. The maximum absolute atomic E-state index is 11.7. The van der Waals surface area contributed by atoms with E-state index in [4.69, 9.17) is 11.0 Å². The topological polar surface area (TPSA) is 78.9 Å². The fourth-order valence-corrected chi connectivity index (χ4v) is 1.77. The third-order valence-electron chi connectivity index (χ3n) is 3.08. The average Bonchev–Trinajstić information content (AvgIpc) is 3.06. The number of nitriles is 1. The standard InChI is InChI=1S/C13H15N3O/c1-8(16-13(17)11-6-12(11)15)10-4-2-9(7-14)3-5-10/h2-5,8,11-12H,6,15H2,1H3,(H,16,17). The molecule has 1 aromatic carbocycles. The minimum absolute atomic E-state index is 0.0177. The molecule has 1 aliphatic rings. The maximum atomic E-state index is 11.7. The van der Waals surface area contributed by atoms with Gasteiger partial charge >= 0.3 is 0 Å². The molecular weight excluding hydrogens is 214 g/mol. The van der Waals surface area contributed by atoms with Gasteiger partial charge in [0, 0.05) is 6.04 Å². The van der Waals surface area contributed by atoms with Gasteiger partial charge in [0.15, 0.2) is 0 Å². The summed E-state index contributed by atoms with van der Waals surface area (Å²) in [5, 5.41) is 11.6. The Morgan fingerprint density at radius 3 is 2.59 bits per heavy atom. The second kappa shape index (κ2) is 4.56. The molecule has 4 heteroatoms. The van der Waals surface area contributed by atoms with E-state index >= 15 is 0 Å². The first-order valence-corrected chi connectivity index (χ1v) is 5.68. The van der Waals surface area contributed by atoms with Crippen molar-refractivity contribution >= 4 is 5.91 Å². The largest absolute Gasteiger partial charge is 0.349 e. The molecule has 1 saturated carbocycles. The Morgan fingerprint density at radius 1 is 1.53 bits per heavy atom. The molecular formula is C13H15N3O. The second-order valence-corrected chi connectivity index (χ2v) is 4.47. The van der Waals surface area contributed by atoms with Crippen molar-refractivity contribution < 1.29 is 4.79 Å². The molecule has 0 bridgehead atoms. The summed E-state index contributed by atoms with van der Waals surface area (Å²) in [7, 11) is 0. The lowest BCUT2D eigenvalue weighted by Gasteiger charge is -2.14. The Labute approximate surface area is 100 Å². The highest BCUT2D eigenvalue weighted by Gasteiger charge is 2.40. The summed E-state index contributed by atoms with van der Waals surface area (Å²) in [6, 6.07) is 9.26. The summed E-state index contributed by atoms with van der Waals surface area (Å²) in [5.41, 5.74) is 7.24. The molecule has 4 nitrogen and oxygen atoms in total. The fourth-order valence-electron chi connectivity index (χ4n) is 1.77. The normalized spacial score (nSPS) is 23.6. The van der Waals surface area contributed by atoms with Crippen molar-refractivity contribution in [2.24, 2.45) is 11.7 Å². The van der Waals surface area contributed by atoms with Crippen molar-refractivity contribution in [2.75, 3.05) is 0 Å². The van der Waals surface area contributed by atoms with Crippen LogP contribution < -0.4 is 11.1 Å². The summed E-state index contributed by atoms with van der Waals surface area (Å²) in [5.74, 6) is 0.00481. The van der Waals surface area contributed by atoms with Gasteiger partial charge in [-0.3, -0.25) is 4.79 Å². The first-order chi connectivity index (χ1) is 8.11. The van der Waals surface area contributed by atoms with Gasteiger partial charge in [0.05, 0.1) is 23.6 Å². The number of nitrogens with one attached hydrogen (secondary N) is 1. The molecule has 2 rings (SSSR count). The van der Waals surface area contributed by atoms with Gasteiger partial charge in [-0.15, -0.1) is 0 Å². The molecule has 0 aromatic heterocycles. The molecule has 88 valence electrons. The van der Waals surface area contributed by atoms with Gasteiger partial charge in [0.25, 0.3) is 0 Å². The van der Waals surface area contributed by atoms with Crippen LogP contribution in [0.5, 0.6) is 0 Å². The summed E-state index contributed by atoms with van der Waals surface area (Å²) in [6.45, 7) is 1.92. The SMILES string of the molecule is CC(NC(=O)C1CC1N)c1ccc(C#N)cc1. The van der Waals surface area contributed by atoms with Crippen LogP contribution in [0.15, 0.2) is 24.3 Å². The van der Waals surface area contributed by atoms with Crippen molar-refractivity contribution in [3.8, 4) is 6.07 Å². The second-order valence-electron chi connectivity index (χ2n) is 4.47. The number of nitrogens with two attached hydrogens (primary N) is 1. The predicted octanol–water partition coefficient (Wildman–Crippen LogP) is 1.08. The van der Waals surface area contributed by atoms with E-state index in [0.717, 1.165) is 12.0 Å². The molecule has 0 aliphatic heterocycles. The third kappa shape index (κ3) is 2.63.